The summed E-state index contributed by atoms with van der Waals surface area (Å²) in [7, 11) is 0. The summed E-state index contributed by atoms with van der Waals surface area (Å²) in [5.74, 6) is 0.684. The molecule has 3 heterocycles. The Kier molecular flexibility index (Phi) is 6.28. The summed E-state index contributed by atoms with van der Waals surface area (Å²) >= 11 is 3.30. The second-order valence-corrected chi connectivity index (χ2v) is 9.32. The van der Waals surface area contributed by atoms with E-state index in [1.165, 1.54) is 27.3 Å². The number of aromatic nitrogens is 1. The van der Waals surface area contributed by atoms with Gasteiger partial charge in [0, 0.05) is 35.9 Å². The van der Waals surface area contributed by atoms with Crippen LogP contribution < -0.4 is 10.1 Å². The lowest BCUT2D eigenvalue weighted by Gasteiger charge is -2.32. The van der Waals surface area contributed by atoms with Gasteiger partial charge in [0.2, 0.25) is 0 Å². The van der Waals surface area contributed by atoms with Gasteiger partial charge in [-0.1, -0.05) is 17.7 Å². The summed E-state index contributed by atoms with van der Waals surface area (Å²) in [6, 6.07) is 10.4. The maximum absolute atomic E-state index is 12.5. The van der Waals surface area contributed by atoms with E-state index in [0.717, 1.165) is 30.3 Å². The van der Waals surface area contributed by atoms with Gasteiger partial charge >= 0.3 is 0 Å². The highest BCUT2D eigenvalue weighted by molar-refractivity contribution is 7.10. The number of aryl methyl sites for hydroxylation is 1. The first-order chi connectivity index (χ1) is 14.1. The van der Waals surface area contributed by atoms with Crippen molar-refractivity contribution in [3.63, 3.8) is 0 Å². The Morgan fingerprint density at radius 3 is 2.93 bits per heavy atom. The highest BCUT2D eigenvalue weighted by Crippen LogP contribution is 2.25. The van der Waals surface area contributed by atoms with E-state index in [9.17, 15) is 4.79 Å². The molecule has 1 atom stereocenters. The van der Waals surface area contributed by atoms with Crippen molar-refractivity contribution in [1.82, 2.24) is 15.2 Å². The Balaban J connectivity index is 1.25. The van der Waals surface area contributed by atoms with Crippen molar-refractivity contribution in [3.8, 4) is 5.75 Å². The molecule has 1 N–H and O–H groups in total. The Morgan fingerprint density at radius 2 is 2.10 bits per heavy atom. The minimum absolute atomic E-state index is 0.122. The molecular weight excluding hydrogens is 402 g/mol. The van der Waals surface area contributed by atoms with Gasteiger partial charge in [-0.25, -0.2) is 4.98 Å². The topological polar surface area (TPSA) is 54.5 Å². The summed E-state index contributed by atoms with van der Waals surface area (Å²) in [5.41, 5.74) is 3.08. The summed E-state index contributed by atoms with van der Waals surface area (Å²) in [5, 5.41) is 7.80. The number of benzene rings is 1. The molecule has 0 saturated carbocycles. The lowest BCUT2D eigenvalue weighted by Crippen LogP contribution is -2.44. The van der Waals surface area contributed by atoms with Gasteiger partial charge in [0.25, 0.3) is 5.91 Å². The van der Waals surface area contributed by atoms with Gasteiger partial charge < -0.3 is 10.1 Å². The first kappa shape index (κ1) is 20.1. The molecule has 0 fully saturated rings. The zero-order valence-electron chi connectivity index (χ0n) is 16.7. The molecule has 5 nitrogen and oxygen atoms in total. The third-order valence-electron chi connectivity index (χ3n) is 5.19. The van der Waals surface area contributed by atoms with Gasteiger partial charge in [0.15, 0.2) is 0 Å². The molecule has 0 radical (unpaired) electrons. The summed E-state index contributed by atoms with van der Waals surface area (Å²) in [4.78, 5) is 20.8. The number of amides is 1. The van der Waals surface area contributed by atoms with Gasteiger partial charge in [-0.05, 0) is 49.4 Å². The van der Waals surface area contributed by atoms with Crippen LogP contribution in [0.2, 0.25) is 0 Å². The number of rotatable bonds is 7. The van der Waals surface area contributed by atoms with E-state index < -0.39 is 0 Å². The summed E-state index contributed by atoms with van der Waals surface area (Å²) < 4.78 is 5.75. The summed E-state index contributed by atoms with van der Waals surface area (Å²) in [6.07, 6.45) is 1.10. The second-order valence-electron chi connectivity index (χ2n) is 7.38. The molecule has 152 valence electrons. The Hall–Kier alpha value is -2.22. The molecule has 0 saturated heterocycles. The molecule has 4 rings (SSSR count). The average molecular weight is 428 g/mol. The van der Waals surface area contributed by atoms with E-state index in [0.29, 0.717) is 18.8 Å². The minimum Gasteiger partial charge on any atom is -0.486 e. The predicted octanol–water partition coefficient (Wildman–Crippen LogP) is 4.27. The number of hydrogen-bond donors (Lipinski definition) is 1. The molecule has 2 aromatic heterocycles. The number of carbonyl (C=O) groups is 1. The zero-order valence-corrected chi connectivity index (χ0v) is 18.3. The standard InChI is InChI=1S/C22H25N3O2S2/c1-15-3-5-18(6-4-15)27-13-21-24-19(14-29-21)22(26)23-11-16(2)25-9-7-20-17(12-25)8-10-28-20/h3-6,8,10,14,16H,7,9,11-13H2,1-2H3,(H,23,26). The molecular formula is C22H25N3O2S2. The van der Waals surface area contributed by atoms with E-state index in [2.05, 4.69) is 33.6 Å². The van der Waals surface area contributed by atoms with Gasteiger partial charge in [0.05, 0.1) is 0 Å². The van der Waals surface area contributed by atoms with E-state index in [-0.39, 0.29) is 11.9 Å². The SMILES string of the molecule is Cc1ccc(OCc2nc(C(=O)NCC(C)N3CCc4sccc4C3)cs2)cc1. The lowest BCUT2D eigenvalue weighted by atomic mass is 10.1. The molecule has 1 aliphatic rings. The first-order valence-corrected chi connectivity index (χ1v) is 11.6. The van der Waals surface area contributed by atoms with Gasteiger partial charge in [0.1, 0.15) is 23.1 Å². The highest BCUT2D eigenvalue weighted by atomic mass is 32.1. The number of nitrogens with zero attached hydrogens (tertiary/aromatic N) is 2. The van der Waals surface area contributed by atoms with Crippen LogP contribution in [0.4, 0.5) is 0 Å². The van der Waals surface area contributed by atoms with E-state index >= 15 is 0 Å². The Bertz CT molecular complexity index is 965. The third kappa shape index (κ3) is 5.04. The monoisotopic (exact) mass is 427 g/mol. The van der Waals surface area contributed by atoms with Gasteiger partial charge in [-0.2, -0.15) is 0 Å². The van der Waals surface area contributed by atoms with Crippen LogP contribution in [-0.2, 0) is 19.6 Å². The molecule has 0 bridgehead atoms. The Labute approximate surface area is 179 Å². The fourth-order valence-electron chi connectivity index (χ4n) is 3.37. The smallest absolute Gasteiger partial charge is 0.270 e. The minimum atomic E-state index is -0.122. The molecule has 1 amide bonds. The molecule has 0 aliphatic carbocycles. The van der Waals surface area contributed by atoms with E-state index in [1.54, 1.807) is 5.38 Å². The van der Waals surface area contributed by atoms with Crippen molar-refractivity contribution < 1.29 is 9.53 Å². The molecule has 7 heteroatoms. The maximum Gasteiger partial charge on any atom is 0.270 e. The van der Waals surface area contributed by atoms with Crippen molar-refractivity contribution in [3.05, 3.63) is 67.8 Å². The van der Waals surface area contributed by atoms with Crippen LogP contribution >= 0.6 is 22.7 Å². The van der Waals surface area contributed by atoms with Crippen molar-refractivity contribution in [2.45, 2.75) is 39.5 Å². The molecule has 29 heavy (non-hydrogen) atoms. The van der Waals surface area contributed by atoms with Crippen LogP contribution in [0.3, 0.4) is 0 Å². The van der Waals surface area contributed by atoms with Crippen LogP contribution in [0, 0.1) is 6.92 Å². The van der Waals surface area contributed by atoms with Crippen LogP contribution in [0.15, 0.2) is 41.1 Å². The van der Waals surface area contributed by atoms with E-state index in [4.69, 9.17) is 4.74 Å². The second kappa shape index (κ2) is 9.07. The van der Waals surface area contributed by atoms with Gasteiger partial charge in [-0.3, -0.25) is 9.69 Å². The fourth-order valence-corrected chi connectivity index (χ4v) is 4.94. The number of fused-ring (bicyclic) bond motifs is 1. The summed E-state index contributed by atoms with van der Waals surface area (Å²) in [6.45, 7) is 7.20. The maximum atomic E-state index is 12.5. The number of nitrogens with one attached hydrogen (secondary N) is 1. The van der Waals surface area contributed by atoms with Crippen LogP contribution in [-0.4, -0.2) is 34.9 Å². The molecule has 0 spiro atoms. The number of thiazole rings is 1. The van der Waals surface area contributed by atoms with Crippen molar-refractivity contribution >= 4 is 28.6 Å². The quantitative estimate of drug-likeness (QED) is 0.612. The number of thiophene rings is 1. The molecule has 1 aliphatic heterocycles. The van der Waals surface area contributed by atoms with Crippen LogP contribution in [0.5, 0.6) is 5.75 Å². The first-order valence-electron chi connectivity index (χ1n) is 9.80. The normalized spacial score (nSPS) is 15.0. The van der Waals surface area contributed by atoms with Crippen molar-refractivity contribution in [2.75, 3.05) is 13.1 Å². The fraction of sp³-hybridized carbons (Fsp3) is 0.364. The van der Waals surface area contributed by atoms with Crippen LogP contribution in [0.25, 0.3) is 0 Å². The number of hydrogen-bond acceptors (Lipinski definition) is 6. The van der Waals surface area contributed by atoms with Crippen LogP contribution in [0.1, 0.15) is 38.4 Å². The number of ether oxygens (including phenoxy) is 1. The zero-order chi connectivity index (χ0) is 20.2. The largest absolute Gasteiger partial charge is 0.486 e. The van der Waals surface area contributed by atoms with E-state index in [1.807, 2.05) is 42.5 Å². The molecule has 1 unspecified atom stereocenters. The van der Waals surface area contributed by atoms with Gasteiger partial charge in [-0.15, -0.1) is 22.7 Å². The lowest BCUT2D eigenvalue weighted by molar-refractivity contribution is 0.0928. The molecule has 3 aromatic rings. The Morgan fingerprint density at radius 1 is 1.28 bits per heavy atom. The third-order valence-corrected chi connectivity index (χ3v) is 7.03. The average Bonchev–Trinajstić information content (AvgIpc) is 3.40. The highest BCUT2D eigenvalue weighted by Gasteiger charge is 2.22. The number of carbonyl (C=O) groups excluding carboxylic acids is 1. The van der Waals surface area contributed by atoms with Crippen molar-refractivity contribution in [1.29, 1.82) is 0 Å². The molecule has 1 aromatic carbocycles. The predicted molar refractivity (Wildman–Crippen MR) is 118 cm³/mol. The van der Waals surface area contributed by atoms with Crippen molar-refractivity contribution in [2.24, 2.45) is 0 Å².